The molecule has 1 aliphatic rings. The quantitative estimate of drug-likeness (QED) is 0.900. The Bertz CT molecular complexity index is 793. The minimum absolute atomic E-state index is 0.0595. The van der Waals surface area contributed by atoms with Gasteiger partial charge >= 0.3 is 6.18 Å². The molecule has 26 heavy (non-hydrogen) atoms. The number of hydrogen-bond donors (Lipinski definition) is 1. The molecule has 1 saturated heterocycles. The summed E-state index contributed by atoms with van der Waals surface area (Å²) in [5.74, 6) is 0.0375. The first-order chi connectivity index (χ1) is 12.2. The van der Waals surface area contributed by atoms with E-state index in [9.17, 15) is 18.0 Å². The summed E-state index contributed by atoms with van der Waals surface area (Å²) in [5, 5.41) is 2.57. The van der Waals surface area contributed by atoms with E-state index in [-0.39, 0.29) is 11.4 Å². The molecular formula is C18H20F3N3O2. The first-order valence-corrected chi connectivity index (χ1v) is 8.26. The number of furan rings is 1. The van der Waals surface area contributed by atoms with Crippen molar-refractivity contribution in [3.8, 4) is 0 Å². The van der Waals surface area contributed by atoms with Crippen LogP contribution >= 0.6 is 0 Å². The monoisotopic (exact) mass is 367 g/mol. The van der Waals surface area contributed by atoms with E-state index in [1.807, 2.05) is 11.9 Å². The van der Waals surface area contributed by atoms with E-state index in [4.69, 9.17) is 4.42 Å². The Kier molecular flexibility index (Phi) is 4.95. The van der Waals surface area contributed by atoms with Crippen molar-refractivity contribution in [2.45, 2.75) is 13.1 Å². The highest BCUT2D eigenvalue weighted by atomic mass is 19.4. The van der Waals surface area contributed by atoms with Gasteiger partial charge in [0.15, 0.2) is 5.76 Å². The van der Waals surface area contributed by atoms with Crippen LogP contribution in [0.1, 0.15) is 21.9 Å². The fourth-order valence-corrected chi connectivity index (χ4v) is 2.88. The molecule has 0 unspecified atom stereocenters. The largest absolute Gasteiger partial charge is 0.456 e. The molecule has 2 heterocycles. The molecule has 0 bridgehead atoms. The second-order valence-electron chi connectivity index (χ2n) is 6.38. The fourth-order valence-electron chi connectivity index (χ4n) is 2.88. The van der Waals surface area contributed by atoms with Crippen LogP contribution in [0.5, 0.6) is 0 Å². The molecule has 0 spiro atoms. The van der Waals surface area contributed by atoms with Crippen LogP contribution < -0.4 is 10.2 Å². The Hall–Kier alpha value is -2.48. The third-order valence-corrected chi connectivity index (χ3v) is 4.38. The lowest BCUT2D eigenvalue weighted by atomic mass is 10.1. The number of rotatable bonds is 3. The topological polar surface area (TPSA) is 48.7 Å². The number of aryl methyl sites for hydroxylation is 1. The van der Waals surface area contributed by atoms with Gasteiger partial charge in [-0.3, -0.25) is 4.79 Å². The summed E-state index contributed by atoms with van der Waals surface area (Å²) >= 11 is 0. The van der Waals surface area contributed by atoms with E-state index in [1.54, 1.807) is 13.0 Å². The second kappa shape index (κ2) is 7.03. The summed E-state index contributed by atoms with van der Waals surface area (Å²) in [6.45, 7) is 4.63. The average Bonchev–Trinajstić information content (AvgIpc) is 3.01. The van der Waals surface area contributed by atoms with E-state index in [1.165, 1.54) is 12.1 Å². The first kappa shape index (κ1) is 18.3. The number of piperazine rings is 1. The molecule has 140 valence electrons. The lowest BCUT2D eigenvalue weighted by Gasteiger charge is -2.35. The van der Waals surface area contributed by atoms with Gasteiger partial charge in [-0.05, 0) is 44.3 Å². The summed E-state index contributed by atoms with van der Waals surface area (Å²) in [7, 11) is 1.99. The molecule has 1 N–H and O–H groups in total. The lowest BCUT2D eigenvalue weighted by molar-refractivity contribution is -0.137. The normalized spacial score (nSPS) is 16.0. The third kappa shape index (κ3) is 4.01. The van der Waals surface area contributed by atoms with E-state index >= 15 is 0 Å². The first-order valence-electron chi connectivity index (χ1n) is 8.26. The zero-order chi connectivity index (χ0) is 18.9. The molecule has 1 aromatic heterocycles. The van der Waals surface area contributed by atoms with Gasteiger partial charge in [-0.2, -0.15) is 13.2 Å². The predicted octanol–water partition coefficient (Wildman–Crippen LogP) is 3.61. The van der Waals surface area contributed by atoms with Gasteiger partial charge in [0, 0.05) is 26.2 Å². The van der Waals surface area contributed by atoms with Crippen molar-refractivity contribution >= 4 is 17.3 Å². The van der Waals surface area contributed by atoms with Crippen LogP contribution in [0.2, 0.25) is 0 Å². The molecule has 3 rings (SSSR count). The zero-order valence-electron chi connectivity index (χ0n) is 14.6. The Morgan fingerprint density at radius 2 is 1.81 bits per heavy atom. The fraction of sp³-hybridized carbons (Fsp3) is 0.389. The number of nitrogens with one attached hydrogen (secondary N) is 1. The van der Waals surface area contributed by atoms with Crippen molar-refractivity contribution < 1.29 is 22.4 Å². The number of carbonyl (C=O) groups excluding carboxylic acids is 1. The molecule has 0 aliphatic carbocycles. The number of nitrogens with zero attached hydrogens (tertiary/aromatic N) is 2. The molecule has 1 aromatic carbocycles. The predicted molar refractivity (Wildman–Crippen MR) is 92.6 cm³/mol. The van der Waals surface area contributed by atoms with Crippen LogP contribution in [0.3, 0.4) is 0 Å². The highest BCUT2D eigenvalue weighted by Crippen LogP contribution is 2.36. The number of halogens is 3. The average molecular weight is 367 g/mol. The Balaban J connectivity index is 1.92. The third-order valence-electron chi connectivity index (χ3n) is 4.38. The van der Waals surface area contributed by atoms with Gasteiger partial charge in [0.25, 0.3) is 5.91 Å². The number of anilines is 2. The number of benzene rings is 1. The van der Waals surface area contributed by atoms with Crippen molar-refractivity contribution in [3.63, 3.8) is 0 Å². The van der Waals surface area contributed by atoms with Crippen LogP contribution in [-0.4, -0.2) is 44.0 Å². The smallest absolute Gasteiger partial charge is 0.416 e. The second-order valence-corrected chi connectivity index (χ2v) is 6.38. The van der Waals surface area contributed by atoms with Gasteiger partial charge in [0.2, 0.25) is 0 Å². The molecule has 0 saturated carbocycles. The molecule has 8 heteroatoms. The van der Waals surface area contributed by atoms with Crippen LogP contribution in [-0.2, 0) is 6.18 Å². The summed E-state index contributed by atoms with van der Waals surface area (Å²) in [6, 6.07) is 6.55. The van der Waals surface area contributed by atoms with Gasteiger partial charge in [0.1, 0.15) is 5.76 Å². The van der Waals surface area contributed by atoms with Crippen molar-refractivity contribution in [1.82, 2.24) is 4.90 Å². The van der Waals surface area contributed by atoms with Crippen LogP contribution in [0.4, 0.5) is 24.5 Å². The summed E-state index contributed by atoms with van der Waals surface area (Å²) in [5.41, 5.74) is -0.104. The highest BCUT2D eigenvalue weighted by Gasteiger charge is 2.32. The number of hydrogen-bond acceptors (Lipinski definition) is 4. The number of likely N-dealkylation sites (N-methyl/N-ethyl adjacent to an activating group) is 1. The van der Waals surface area contributed by atoms with Crippen LogP contribution in [0.25, 0.3) is 0 Å². The summed E-state index contributed by atoms with van der Waals surface area (Å²) in [4.78, 5) is 16.5. The van der Waals surface area contributed by atoms with Gasteiger partial charge in [0.05, 0.1) is 16.9 Å². The van der Waals surface area contributed by atoms with Crippen LogP contribution in [0.15, 0.2) is 34.7 Å². The number of carbonyl (C=O) groups is 1. The summed E-state index contributed by atoms with van der Waals surface area (Å²) in [6.07, 6.45) is -4.48. The maximum atomic E-state index is 13.1. The number of amides is 1. The van der Waals surface area contributed by atoms with Gasteiger partial charge in [-0.25, -0.2) is 0 Å². The van der Waals surface area contributed by atoms with E-state index < -0.39 is 17.6 Å². The molecule has 1 fully saturated rings. The van der Waals surface area contributed by atoms with Crippen molar-refractivity contribution in [2.75, 3.05) is 43.4 Å². The SMILES string of the molecule is Cc1ccc(C(=O)Nc2cc(C(F)(F)F)ccc2N2CCN(C)CC2)o1. The molecule has 0 radical (unpaired) electrons. The minimum Gasteiger partial charge on any atom is -0.456 e. The Morgan fingerprint density at radius 3 is 2.38 bits per heavy atom. The zero-order valence-corrected chi connectivity index (χ0v) is 14.6. The van der Waals surface area contributed by atoms with E-state index in [0.29, 0.717) is 24.5 Å². The maximum absolute atomic E-state index is 13.1. The van der Waals surface area contributed by atoms with E-state index in [0.717, 1.165) is 25.2 Å². The van der Waals surface area contributed by atoms with Gasteiger partial charge in [-0.1, -0.05) is 0 Å². The van der Waals surface area contributed by atoms with Crippen molar-refractivity contribution in [1.29, 1.82) is 0 Å². The Labute approximate surface area is 149 Å². The molecule has 5 nitrogen and oxygen atoms in total. The molecule has 0 atom stereocenters. The summed E-state index contributed by atoms with van der Waals surface area (Å²) < 4.78 is 44.6. The van der Waals surface area contributed by atoms with E-state index in [2.05, 4.69) is 10.2 Å². The van der Waals surface area contributed by atoms with Gasteiger partial charge < -0.3 is 19.5 Å². The standard InChI is InChI=1S/C18H20F3N3O2/c1-12-3-6-16(26-12)17(25)22-14-11-13(18(19,20)21)4-5-15(14)24-9-7-23(2)8-10-24/h3-6,11H,7-10H2,1-2H3,(H,22,25). The molecule has 2 aromatic rings. The molecular weight excluding hydrogens is 347 g/mol. The van der Waals surface area contributed by atoms with Crippen LogP contribution in [0, 0.1) is 6.92 Å². The van der Waals surface area contributed by atoms with Crippen molar-refractivity contribution in [2.24, 2.45) is 0 Å². The lowest BCUT2D eigenvalue weighted by Crippen LogP contribution is -2.44. The maximum Gasteiger partial charge on any atom is 0.416 e. The highest BCUT2D eigenvalue weighted by molar-refractivity contribution is 6.04. The molecule has 1 aliphatic heterocycles. The number of alkyl halides is 3. The van der Waals surface area contributed by atoms with Crippen molar-refractivity contribution in [3.05, 3.63) is 47.4 Å². The molecule has 1 amide bonds. The van der Waals surface area contributed by atoms with Gasteiger partial charge in [-0.15, -0.1) is 0 Å². The minimum atomic E-state index is -4.48. The Morgan fingerprint density at radius 1 is 1.12 bits per heavy atom.